The first-order chi connectivity index (χ1) is 14.8. The Hall–Kier alpha value is -2.76. The third-order valence-corrected chi connectivity index (χ3v) is 5.22. The summed E-state index contributed by atoms with van der Waals surface area (Å²) in [6.45, 7) is 12.2. The zero-order chi connectivity index (χ0) is 24.2. The van der Waals surface area contributed by atoms with Gasteiger partial charge in [0.2, 0.25) is 0 Å². The molecule has 2 aromatic rings. The first-order valence-corrected chi connectivity index (χ1v) is 10.7. The molecule has 0 aliphatic heterocycles. The molecule has 2 rings (SSSR count). The van der Waals surface area contributed by atoms with E-state index in [9.17, 15) is 18.4 Å². The van der Waals surface area contributed by atoms with Crippen LogP contribution >= 0.6 is 0 Å². The monoisotopic (exact) mass is 446 g/mol. The minimum absolute atomic E-state index is 0.120. The van der Waals surface area contributed by atoms with Crippen LogP contribution in [0.15, 0.2) is 36.4 Å². The van der Waals surface area contributed by atoms with Crippen molar-refractivity contribution in [1.29, 1.82) is 0 Å². The van der Waals surface area contributed by atoms with Crippen molar-refractivity contribution in [3.63, 3.8) is 0 Å². The maximum Gasteiger partial charge on any atom is 0.309 e. The SMILES string of the molecule is Cc1ccc(F)cc1C(c1cc(F)ccc1C)[C@H](C)OC(=O)[C@H](C)CC(=O)OC(C)(C)C. The number of halogens is 2. The van der Waals surface area contributed by atoms with E-state index >= 15 is 0 Å². The predicted molar refractivity (Wildman–Crippen MR) is 119 cm³/mol. The second kappa shape index (κ2) is 10.2. The highest BCUT2D eigenvalue weighted by Gasteiger charge is 2.30. The Labute approximate surface area is 188 Å². The fourth-order valence-corrected chi connectivity index (χ4v) is 3.65. The molecule has 0 fully saturated rings. The molecule has 0 spiro atoms. The van der Waals surface area contributed by atoms with Crippen molar-refractivity contribution < 1.29 is 27.8 Å². The van der Waals surface area contributed by atoms with Crippen LogP contribution in [0.4, 0.5) is 8.78 Å². The summed E-state index contributed by atoms with van der Waals surface area (Å²) in [5.74, 6) is -3.23. The summed E-state index contributed by atoms with van der Waals surface area (Å²) in [5, 5.41) is 0. The van der Waals surface area contributed by atoms with Gasteiger partial charge >= 0.3 is 11.9 Å². The number of esters is 2. The van der Waals surface area contributed by atoms with E-state index in [0.717, 1.165) is 11.1 Å². The maximum atomic E-state index is 14.1. The lowest BCUT2D eigenvalue weighted by atomic mass is 9.82. The van der Waals surface area contributed by atoms with E-state index in [1.165, 1.54) is 24.3 Å². The molecule has 6 heteroatoms. The molecule has 0 saturated carbocycles. The molecular formula is C26H32F2O4. The fourth-order valence-electron chi connectivity index (χ4n) is 3.65. The van der Waals surface area contributed by atoms with E-state index in [1.54, 1.807) is 46.8 Å². The van der Waals surface area contributed by atoms with E-state index in [4.69, 9.17) is 9.47 Å². The van der Waals surface area contributed by atoms with Crippen LogP contribution in [-0.2, 0) is 19.1 Å². The summed E-state index contributed by atoms with van der Waals surface area (Å²) in [6, 6.07) is 8.78. The number of rotatable bonds is 7. The average molecular weight is 447 g/mol. The minimum Gasteiger partial charge on any atom is -0.461 e. The lowest BCUT2D eigenvalue weighted by Crippen LogP contribution is -2.30. The molecule has 0 amide bonds. The molecule has 2 aromatic carbocycles. The van der Waals surface area contributed by atoms with Gasteiger partial charge in [0, 0.05) is 5.92 Å². The minimum atomic E-state index is -0.732. The molecule has 0 N–H and O–H groups in total. The highest BCUT2D eigenvalue weighted by Crippen LogP contribution is 2.35. The highest BCUT2D eigenvalue weighted by atomic mass is 19.1. The molecule has 4 nitrogen and oxygen atoms in total. The maximum absolute atomic E-state index is 14.1. The van der Waals surface area contributed by atoms with Crippen molar-refractivity contribution in [3.8, 4) is 0 Å². The Morgan fingerprint density at radius 3 is 1.81 bits per heavy atom. The van der Waals surface area contributed by atoms with Crippen LogP contribution in [0.25, 0.3) is 0 Å². The molecule has 0 bridgehead atoms. The van der Waals surface area contributed by atoms with Crippen LogP contribution < -0.4 is 0 Å². The molecule has 0 saturated heterocycles. The summed E-state index contributed by atoms with van der Waals surface area (Å²) in [6.07, 6.45) is -0.851. The molecule has 0 aromatic heterocycles. The summed E-state index contributed by atoms with van der Waals surface area (Å²) >= 11 is 0. The molecule has 32 heavy (non-hydrogen) atoms. The quantitative estimate of drug-likeness (QED) is 0.489. The first-order valence-electron chi connectivity index (χ1n) is 10.7. The van der Waals surface area contributed by atoms with E-state index in [0.29, 0.717) is 11.1 Å². The van der Waals surface area contributed by atoms with Crippen LogP contribution in [0.1, 0.15) is 69.2 Å². The Morgan fingerprint density at radius 1 is 0.906 bits per heavy atom. The molecular weight excluding hydrogens is 414 g/mol. The van der Waals surface area contributed by atoms with Crippen molar-refractivity contribution >= 4 is 11.9 Å². The Balaban J connectivity index is 2.32. The third kappa shape index (κ3) is 6.87. The van der Waals surface area contributed by atoms with Gasteiger partial charge in [-0.3, -0.25) is 9.59 Å². The van der Waals surface area contributed by atoms with Gasteiger partial charge in [-0.2, -0.15) is 0 Å². The summed E-state index contributed by atoms with van der Waals surface area (Å²) in [7, 11) is 0. The van der Waals surface area contributed by atoms with Gasteiger partial charge in [0.1, 0.15) is 23.3 Å². The molecule has 0 unspecified atom stereocenters. The van der Waals surface area contributed by atoms with Crippen LogP contribution in [-0.4, -0.2) is 23.6 Å². The molecule has 0 aliphatic carbocycles. The third-order valence-electron chi connectivity index (χ3n) is 5.22. The Bertz CT molecular complexity index is 927. The molecule has 0 heterocycles. The van der Waals surface area contributed by atoms with E-state index < -0.39 is 47.1 Å². The van der Waals surface area contributed by atoms with Gasteiger partial charge < -0.3 is 9.47 Å². The number of aryl methyl sites for hydroxylation is 2. The number of carbonyl (C=O) groups is 2. The fraction of sp³-hybridized carbons (Fsp3) is 0.462. The smallest absolute Gasteiger partial charge is 0.309 e. The summed E-state index contributed by atoms with van der Waals surface area (Å²) < 4.78 is 39.2. The Kier molecular flexibility index (Phi) is 8.16. The topological polar surface area (TPSA) is 52.6 Å². The number of carbonyl (C=O) groups excluding carboxylic acids is 2. The predicted octanol–water partition coefficient (Wildman–Crippen LogP) is 6.01. The second-order valence-electron chi connectivity index (χ2n) is 9.31. The average Bonchev–Trinajstić information content (AvgIpc) is 2.65. The van der Waals surface area contributed by atoms with Crippen molar-refractivity contribution in [3.05, 3.63) is 70.3 Å². The van der Waals surface area contributed by atoms with Gasteiger partial charge in [0.15, 0.2) is 0 Å². The van der Waals surface area contributed by atoms with E-state index in [-0.39, 0.29) is 6.42 Å². The zero-order valence-corrected chi connectivity index (χ0v) is 19.8. The molecule has 0 aliphatic rings. The largest absolute Gasteiger partial charge is 0.461 e. The first kappa shape index (κ1) is 25.5. The number of ether oxygens (including phenoxy) is 2. The van der Waals surface area contributed by atoms with Crippen molar-refractivity contribution in [2.45, 2.75) is 72.5 Å². The second-order valence-corrected chi connectivity index (χ2v) is 9.31. The molecule has 2 atom stereocenters. The standard InChI is InChI=1S/C26H32F2O4/c1-15-8-10-19(27)13-21(15)24(22-14-20(28)11-9-16(22)2)18(4)31-25(30)17(3)12-23(29)32-26(5,6)7/h8-11,13-14,17-18,24H,12H2,1-7H3/t17-,18+/m1/s1. The zero-order valence-electron chi connectivity index (χ0n) is 19.8. The van der Waals surface area contributed by atoms with Crippen molar-refractivity contribution in [1.82, 2.24) is 0 Å². The summed E-state index contributed by atoms with van der Waals surface area (Å²) in [4.78, 5) is 24.8. The van der Waals surface area contributed by atoms with Crippen molar-refractivity contribution in [2.75, 3.05) is 0 Å². The summed E-state index contributed by atoms with van der Waals surface area (Å²) in [5.41, 5.74) is 2.16. The van der Waals surface area contributed by atoms with Gasteiger partial charge in [0.05, 0.1) is 12.3 Å². The van der Waals surface area contributed by atoms with E-state index in [1.807, 2.05) is 13.8 Å². The number of hydrogen-bond acceptors (Lipinski definition) is 4. The van der Waals surface area contributed by atoms with Gasteiger partial charge in [-0.15, -0.1) is 0 Å². The van der Waals surface area contributed by atoms with Gasteiger partial charge in [0.25, 0.3) is 0 Å². The Morgan fingerprint density at radius 2 is 1.38 bits per heavy atom. The van der Waals surface area contributed by atoms with Crippen LogP contribution in [0.5, 0.6) is 0 Å². The van der Waals surface area contributed by atoms with Gasteiger partial charge in [-0.25, -0.2) is 8.78 Å². The number of hydrogen-bond donors (Lipinski definition) is 0. The molecule has 0 radical (unpaired) electrons. The normalized spacial score (nSPS) is 13.6. The van der Waals surface area contributed by atoms with Crippen LogP contribution in [0.2, 0.25) is 0 Å². The van der Waals surface area contributed by atoms with Crippen LogP contribution in [0.3, 0.4) is 0 Å². The van der Waals surface area contributed by atoms with Gasteiger partial charge in [-0.05, 0) is 88.1 Å². The van der Waals surface area contributed by atoms with Crippen molar-refractivity contribution in [2.24, 2.45) is 5.92 Å². The van der Waals surface area contributed by atoms with Gasteiger partial charge in [-0.1, -0.05) is 19.1 Å². The van der Waals surface area contributed by atoms with E-state index in [2.05, 4.69) is 0 Å². The molecule has 174 valence electrons. The highest BCUT2D eigenvalue weighted by molar-refractivity contribution is 5.80. The lowest BCUT2D eigenvalue weighted by molar-refractivity contribution is -0.163. The lowest BCUT2D eigenvalue weighted by Gasteiger charge is -2.29. The van der Waals surface area contributed by atoms with Crippen LogP contribution in [0, 0.1) is 31.4 Å². The number of benzene rings is 2.